The fourth-order valence-corrected chi connectivity index (χ4v) is 3.77. The molecule has 1 rings (SSSR count). The van der Waals surface area contributed by atoms with E-state index in [2.05, 4.69) is 5.32 Å². The SMILES string of the molecule is CCC(=O)NCCC1(N(CC(=O)O)CC(=O)O)CN(CC(=O)O)CCN(CC(=O)O)C1. The van der Waals surface area contributed by atoms with Gasteiger partial charge >= 0.3 is 23.9 Å². The van der Waals surface area contributed by atoms with Gasteiger partial charge in [0.1, 0.15) is 0 Å². The minimum atomic E-state index is -1.28. The Kier molecular flexibility index (Phi) is 10.3. The lowest BCUT2D eigenvalue weighted by Crippen LogP contribution is -2.63. The zero-order valence-corrected chi connectivity index (χ0v) is 17.4. The average Bonchev–Trinajstić information content (AvgIpc) is 2.79. The molecule has 0 unspecified atom stereocenters. The molecule has 176 valence electrons. The topological polar surface area (TPSA) is 188 Å². The highest BCUT2D eigenvalue weighted by Crippen LogP contribution is 2.26. The molecule has 13 nitrogen and oxygen atoms in total. The standard InChI is InChI=1S/C18H30N4O9/c1-2-13(23)19-4-3-18(22(9-16(28)29)10-17(30)31)11-20(7-14(24)25)5-6-21(12-18)8-15(26)27/h2-12H2,1H3,(H,19,23)(H,24,25)(H,26,27)(H,28,29)(H,30,31). The van der Waals surface area contributed by atoms with E-state index in [-0.39, 0.29) is 64.6 Å². The molecule has 0 atom stereocenters. The van der Waals surface area contributed by atoms with Gasteiger partial charge in [-0.1, -0.05) is 6.92 Å². The molecule has 1 aliphatic rings. The highest BCUT2D eigenvalue weighted by atomic mass is 16.4. The number of nitrogens with zero attached hydrogens (tertiary/aromatic N) is 3. The molecule has 0 aromatic heterocycles. The summed E-state index contributed by atoms with van der Waals surface area (Å²) in [7, 11) is 0. The van der Waals surface area contributed by atoms with Gasteiger partial charge in [0.25, 0.3) is 0 Å². The normalized spacial score (nSPS) is 17.1. The third-order valence-electron chi connectivity index (χ3n) is 5.04. The zero-order valence-electron chi connectivity index (χ0n) is 17.4. The summed E-state index contributed by atoms with van der Waals surface area (Å²) < 4.78 is 0. The second-order valence-corrected chi connectivity index (χ2v) is 7.53. The summed E-state index contributed by atoms with van der Waals surface area (Å²) in [6.07, 6.45) is 0.322. The molecule has 0 saturated carbocycles. The van der Waals surface area contributed by atoms with Crippen LogP contribution in [0.15, 0.2) is 0 Å². The van der Waals surface area contributed by atoms with Gasteiger partial charge in [-0.25, -0.2) is 0 Å². The number of hydrogen-bond acceptors (Lipinski definition) is 8. The first-order valence-electron chi connectivity index (χ1n) is 9.81. The van der Waals surface area contributed by atoms with E-state index in [0.29, 0.717) is 0 Å². The van der Waals surface area contributed by atoms with Crippen LogP contribution in [0, 0.1) is 0 Å². The molecule has 0 aliphatic carbocycles. The average molecular weight is 446 g/mol. The maximum absolute atomic E-state index is 11.7. The van der Waals surface area contributed by atoms with Crippen molar-refractivity contribution in [3.8, 4) is 0 Å². The first kappa shape index (κ1) is 26.3. The summed E-state index contributed by atoms with van der Waals surface area (Å²) in [5.41, 5.74) is -1.22. The van der Waals surface area contributed by atoms with Crippen LogP contribution in [0.4, 0.5) is 0 Å². The van der Waals surface area contributed by atoms with Gasteiger partial charge in [0.05, 0.1) is 26.2 Å². The molecule has 31 heavy (non-hydrogen) atoms. The van der Waals surface area contributed by atoms with Gasteiger partial charge in [0.2, 0.25) is 5.91 Å². The molecule has 0 bridgehead atoms. The molecular formula is C18H30N4O9. The lowest BCUT2D eigenvalue weighted by atomic mass is 9.90. The molecule has 0 aromatic rings. The summed E-state index contributed by atoms with van der Waals surface area (Å²) >= 11 is 0. The number of carbonyl (C=O) groups excluding carboxylic acids is 1. The van der Waals surface area contributed by atoms with Gasteiger partial charge in [-0.05, 0) is 6.42 Å². The van der Waals surface area contributed by atoms with Gasteiger partial charge in [-0.2, -0.15) is 0 Å². The summed E-state index contributed by atoms with van der Waals surface area (Å²) in [6, 6.07) is 0. The van der Waals surface area contributed by atoms with Crippen molar-refractivity contribution >= 4 is 29.8 Å². The molecular weight excluding hydrogens is 416 g/mol. The van der Waals surface area contributed by atoms with Crippen molar-refractivity contribution in [3.63, 3.8) is 0 Å². The molecule has 1 amide bonds. The Hall–Kier alpha value is -2.77. The number of aliphatic carboxylic acids is 4. The third kappa shape index (κ3) is 9.27. The fraction of sp³-hybridized carbons (Fsp3) is 0.722. The van der Waals surface area contributed by atoms with Crippen molar-refractivity contribution in [3.05, 3.63) is 0 Å². The predicted octanol–water partition coefficient (Wildman–Crippen LogP) is -2.10. The van der Waals surface area contributed by atoms with Crippen molar-refractivity contribution in [2.75, 3.05) is 58.9 Å². The van der Waals surface area contributed by atoms with Crippen LogP contribution in [0.5, 0.6) is 0 Å². The van der Waals surface area contributed by atoms with Crippen LogP contribution >= 0.6 is 0 Å². The Morgan fingerprint density at radius 3 is 1.65 bits per heavy atom. The van der Waals surface area contributed by atoms with Crippen molar-refractivity contribution in [2.24, 2.45) is 0 Å². The summed E-state index contributed by atoms with van der Waals surface area (Å²) in [5.74, 6) is -5.06. The second kappa shape index (κ2) is 12.2. The molecule has 1 heterocycles. The van der Waals surface area contributed by atoms with Crippen LogP contribution in [0.1, 0.15) is 19.8 Å². The van der Waals surface area contributed by atoms with Crippen LogP contribution in [-0.2, 0) is 24.0 Å². The number of carbonyl (C=O) groups is 5. The minimum Gasteiger partial charge on any atom is -0.480 e. The number of carboxylic acids is 4. The molecule has 13 heteroatoms. The minimum absolute atomic E-state index is 0.00201. The van der Waals surface area contributed by atoms with Gasteiger partial charge in [-0.3, -0.25) is 38.7 Å². The molecule has 1 aliphatic heterocycles. The van der Waals surface area contributed by atoms with Crippen LogP contribution in [-0.4, -0.2) is 129 Å². The Balaban J connectivity index is 3.37. The largest absolute Gasteiger partial charge is 0.480 e. The van der Waals surface area contributed by atoms with Crippen molar-refractivity contribution in [1.82, 2.24) is 20.0 Å². The first-order valence-corrected chi connectivity index (χ1v) is 9.81. The molecule has 1 fully saturated rings. The number of carboxylic acid groups (broad SMARTS) is 4. The van der Waals surface area contributed by atoms with Crippen LogP contribution in [0.3, 0.4) is 0 Å². The number of nitrogens with one attached hydrogen (secondary N) is 1. The Labute approximate surface area is 179 Å². The van der Waals surface area contributed by atoms with Crippen molar-refractivity contribution in [2.45, 2.75) is 25.3 Å². The Bertz CT molecular complexity index is 643. The van der Waals surface area contributed by atoms with Crippen LogP contribution in [0.25, 0.3) is 0 Å². The van der Waals surface area contributed by atoms with E-state index < -0.39 is 42.5 Å². The van der Waals surface area contributed by atoms with Crippen LogP contribution < -0.4 is 5.32 Å². The van der Waals surface area contributed by atoms with Gasteiger partial charge in [-0.15, -0.1) is 0 Å². The van der Waals surface area contributed by atoms with Crippen molar-refractivity contribution < 1.29 is 44.4 Å². The molecule has 0 radical (unpaired) electrons. The Morgan fingerprint density at radius 2 is 1.29 bits per heavy atom. The Morgan fingerprint density at radius 1 is 0.839 bits per heavy atom. The zero-order chi connectivity index (χ0) is 23.6. The predicted molar refractivity (Wildman–Crippen MR) is 106 cm³/mol. The molecule has 0 aromatic carbocycles. The van der Waals surface area contributed by atoms with E-state index in [0.717, 1.165) is 0 Å². The smallest absolute Gasteiger partial charge is 0.317 e. The summed E-state index contributed by atoms with van der Waals surface area (Å²) in [5, 5.41) is 39.9. The van der Waals surface area contributed by atoms with E-state index in [1.54, 1.807) is 6.92 Å². The lowest BCUT2D eigenvalue weighted by molar-refractivity contribution is -0.148. The number of amides is 1. The highest BCUT2D eigenvalue weighted by molar-refractivity contribution is 5.75. The maximum Gasteiger partial charge on any atom is 0.317 e. The molecule has 1 saturated heterocycles. The molecule has 0 spiro atoms. The number of hydrogen-bond donors (Lipinski definition) is 5. The van der Waals surface area contributed by atoms with E-state index in [9.17, 15) is 44.4 Å². The van der Waals surface area contributed by atoms with E-state index in [1.807, 2.05) is 0 Å². The van der Waals surface area contributed by atoms with Crippen molar-refractivity contribution in [1.29, 1.82) is 0 Å². The van der Waals surface area contributed by atoms with Gasteiger partial charge in [0, 0.05) is 44.7 Å². The van der Waals surface area contributed by atoms with E-state index in [4.69, 9.17) is 0 Å². The molecule has 5 N–H and O–H groups in total. The first-order chi connectivity index (χ1) is 14.5. The summed E-state index contributed by atoms with van der Waals surface area (Å²) in [4.78, 5) is 61.6. The quantitative estimate of drug-likeness (QED) is 0.208. The maximum atomic E-state index is 11.7. The third-order valence-corrected chi connectivity index (χ3v) is 5.04. The monoisotopic (exact) mass is 446 g/mol. The van der Waals surface area contributed by atoms with E-state index >= 15 is 0 Å². The fourth-order valence-electron chi connectivity index (χ4n) is 3.77. The second-order valence-electron chi connectivity index (χ2n) is 7.53. The van der Waals surface area contributed by atoms with Crippen LogP contribution in [0.2, 0.25) is 0 Å². The lowest BCUT2D eigenvalue weighted by Gasteiger charge is -2.45. The number of rotatable bonds is 13. The van der Waals surface area contributed by atoms with E-state index in [1.165, 1.54) is 14.7 Å². The summed E-state index contributed by atoms with van der Waals surface area (Å²) in [6.45, 7) is 0.107. The highest BCUT2D eigenvalue weighted by Gasteiger charge is 2.43. The van der Waals surface area contributed by atoms with Gasteiger partial charge in [0.15, 0.2) is 0 Å². The van der Waals surface area contributed by atoms with Gasteiger partial charge < -0.3 is 25.7 Å².